The number of esters is 1. The Hall–Kier alpha value is -3.57. The van der Waals surface area contributed by atoms with Crippen molar-refractivity contribution in [2.45, 2.75) is 26.7 Å². The Morgan fingerprint density at radius 1 is 1.30 bits per heavy atom. The third kappa shape index (κ3) is 3.67. The number of aryl methyl sites for hydroxylation is 2. The van der Waals surface area contributed by atoms with Crippen molar-refractivity contribution >= 4 is 16.9 Å². The number of aromatic nitrogens is 1. The van der Waals surface area contributed by atoms with Gasteiger partial charge in [-0.05, 0) is 43.4 Å². The number of methoxy groups -OCH3 is 1. The predicted molar refractivity (Wildman–Crippen MR) is 110 cm³/mol. The first-order valence-corrected chi connectivity index (χ1v) is 9.37. The number of rotatable bonds is 5. The van der Waals surface area contributed by atoms with Crippen molar-refractivity contribution in [1.82, 2.24) is 4.98 Å². The summed E-state index contributed by atoms with van der Waals surface area (Å²) in [6.45, 7) is 5.65. The molecule has 1 unspecified atom stereocenters. The standard InChI is InChI=1S/C22H23N3O5/c1-11-5-6-14-9-15(21(26)25-19(14)12(11)2)18-16(10-23)20(24)30-13(3)17(18)22(27)29-8-7-28-4/h5-6,9,18H,7-8,24H2,1-4H3,(H,25,26). The molecular formula is C22H23N3O5. The number of aromatic amines is 1. The number of ether oxygens (including phenoxy) is 3. The lowest BCUT2D eigenvalue weighted by Gasteiger charge is -2.26. The molecule has 0 spiro atoms. The Bertz CT molecular complexity index is 1180. The van der Waals surface area contributed by atoms with Crippen LogP contribution in [0.1, 0.15) is 29.5 Å². The fraction of sp³-hybridized carbons (Fsp3) is 0.318. The van der Waals surface area contributed by atoms with Crippen molar-refractivity contribution in [2.24, 2.45) is 5.73 Å². The highest BCUT2D eigenvalue weighted by Gasteiger charge is 2.38. The molecule has 0 fully saturated rings. The molecule has 8 heteroatoms. The number of carbonyl (C=O) groups excluding carboxylic acids is 1. The third-order valence-corrected chi connectivity index (χ3v) is 5.24. The van der Waals surface area contributed by atoms with Crippen LogP contribution in [0.4, 0.5) is 0 Å². The van der Waals surface area contributed by atoms with E-state index in [1.165, 1.54) is 7.11 Å². The number of fused-ring (bicyclic) bond motifs is 1. The van der Waals surface area contributed by atoms with Gasteiger partial charge in [-0.2, -0.15) is 5.26 Å². The fourth-order valence-electron chi connectivity index (χ4n) is 3.51. The number of nitrogens with two attached hydrogens (primary N) is 1. The largest absolute Gasteiger partial charge is 0.460 e. The molecule has 30 heavy (non-hydrogen) atoms. The van der Waals surface area contributed by atoms with E-state index < -0.39 is 17.4 Å². The maximum atomic E-state index is 13.0. The molecule has 0 bridgehead atoms. The topological polar surface area (TPSA) is 127 Å². The lowest BCUT2D eigenvalue weighted by Crippen LogP contribution is -2.29. The zero-order chi connectivity index (χ0) is 22.0. The summed E-state index contributed by atoms with van der Waals surface area (Å²) in [5, 5.41) is 10.5. The van der Waals surface area contributed by atoms with E-state index in [1.807, 2.05) is 32.0 Å². The third-order valence-electron chi connectivity index (χ3n) is 5.24. The SMILES string of the molecule is COCCOC(=O)C1=C(C)OC(N)=C(C#N)C1c1cc2ccc(C)c(C)c2[nH]c1=O. The maximum Gasteiger partial charge on any atom is 0.338 e. The molecule has 3 rings (SSSR count). The summed E-state index contributed by atoms with van der Waals surface area (Å²) < 4.78 is 15.6. The van der Waals surface area contributed by atoms with Gasteiger partial charge < -0.3 is 24.9 Å². The first-order valence-electron chi connectivity index (χ1n) is 9.37. The number of benzene rings is 1. The zero-order valence-electron chi connectivity index (χ0n) is 17.3. The molecule has 0 saturated carbocycles. The molecule has 0 aliphatic carbocycles. The number of nitrogens with zero attached hydrogens (tertiary/aromatic N) is 1. The Kier molecular flexibility index (Phi) is 5.94. The van der Waals surface area contributed by atoms with Gasteiger partial charge >= 0.3 is 5.97 Å². The van der Waals surface area contributed by atoms with Crippen molar-refractivity contribution in [3.8, 4) is 6.07 Å². The smallest absolute Gasteiger partial charge is 0.338 e. The van der Waals surface area contributed by atoms with Crippen molar-refractivity contribution in [1.29, 1.82) is 5.26 Å². The van der Waals surface area contributed by atoms with Crippen molar-refractivity contribution in [3.05, 3.63) is 68.0 Å². The first kappa shape index (κ1) is 21.1. The van der Waals surface area contributed by atoms with E-state index in [4.69, 9.17) is 19.9 Å². The number of pyridine rings is 1. The van der Waals surface area contributed by atoms with Gasteiger partial charge in [0.15, 0.2) is 0 Å². The van der Waals surface area contributed by atoms with Crippen LogP contribution in [0.3, 0.4) is 0 Å². The molecule has 1 aromatic carbocycles. The highest BCUT2D eigenvalue weighted by molar-refractivity contribution is 5.93. The molecule has 0 saturated heterocycles. The van der Waals surface area contributed by atoms with Crippen LogP contribution in [0.15, 0.2) is 45.8 Å². The van der Waals surface area contributed by atoms with E-state index in [0.717, 1.165) is 16.5 Å². The van der Waals surface area contributed by atoms with E-state index in [0.29, 0.717) is 5.52 Å². The Balaban J connectivity index is 2.20. The average Bonchev–Trinajstić information content (AvgIpc) is 2.70. The van der Waals surface area contributed by atoms with Crippen LogP contribution >= 0.6 is 0 Å². The summed E-state index contributed by atoms with van der Waals surface area (Å²) in [6, 6.07) is 7.48. The molecule has 2 aromatic rings. The fourth-order valence-corrected chi connectivity index (χ4v) is 3.51. The van der Waals surface area contributed by atoms with E-state index in [2.05, 4.69) is 4.98 Å². The summed E-state index contributed by atoms with van der Waals surface area (Å²) in [5.74, 6) is -1.67. The van der Waals surface area contributed by atoms with Crippen molar-refractivity contribution < 1.29 is 19.0 Å². The second kappa shape index (κ2) is 8.43. The van der Waals surface area contributed by atoms with E-state index in [-0.39, 0.29) is 41.6 Å². The van der Waals surface area contributed by atoms with E-state index >= 15 is 0 Å². The molecule has 0 amide bonds. The molecule has 1 aromatic heterocycles. The lowest BCUT2D eigenvalue weighted by molar-refractivity contribution is -0.140. The molecule has 8 nitrogen and oxygen atoms in total. The van der Waals surface area contributed by atoms with Gasteiger partial charge in [-0.3, -0.25) is 4.79 Å². The number of carbonyl (C=O) groups is 1. The summed E-state index contributed by atoms with van der Waals surface area (Å²) in [5.41, 5.74) is 8.44. The Morgan fingerprint density at radius 3 is 2.70 bits per heavy atom. The number of allylic oxidation sites excluding steroid dienone is 2. The molecule has 156 valence electrons. The summed E-state index contributed by atoms with van der Waals surface area (Å²) in [6.07, 6.45) is 0. The first-order chi connectivity index (χ1) is 14.3. The van der Waals surface area contributed by atoms with Gasteiger partial charge in [0.2, 0.25) is 5.88 Å². The molecule has 2 heterocycles. The minimum absolute atomic E-state index is 0.0203. The van der Waals surface area contributed by atoms with Crippen LogP contribution < -0.4 is 11.3 Å². The van der Waals surface area contributed by atoms with Gasteiger partial charge in [0, 0.05) is 12.7 Å². The van der Waals surface area contributed by atoms with Gasteiger partial charge in [-0.1, -0.05) is 12.1 Å². The quantitative estimate of drug-likeness (QED) is 0.573. The minimum atomic E-state index is -1.01. The number of hydrogen-bond acceptors (Lipinski definition) is 7. The second-order valence-corrected chi connectivity index (χ2v) is 7.05. The van der Waals surface area contributed by atoms with Gasteiger partial charge in [0.25, 0.3) is 5.56 Å². The van der Waals surface area contributed by atoms with Crippen molar-refractivity contribution in [2.75, 3.05) is 20.3 Å². The van der Waals surface area contributed by atoms with E-state index in [1.54, 1.807) is 13.0 Å². The summed E-state index contributed by atoms with van der Waals surface area (Å²) >= 11 is 0. The normalized spacial score (nSPS) is 16.4. The van der Waals surface area contributed by atoms with Crippen LogP contribution in [-0.4, -0.2) is 31.3 Å². The average molecular weight is 409 g/mol. The van der Waals surface area contributed by atoms with Crippen LogP contribution in [0.5, 0.6) is 0 Å². The lowest BCUT2D eigenvalue weighted by atomic mass is 9.83. The zero-order valence-corrected chi connectivity index (χ0v) is 17.3. The summed E-state index contributed by atoms with van der Waals surface area (Å²) in [4.78, 5) is 28.7. The Morgan fingerprint density at radius 2 is 2.03 bits per heavy atom. The van der Waals surface area contributed by atoms with Gasteiger partial charge in [-0.15, -0.1) is 0 Å². The van der Waals surface area contributed by atoms with Crippen molar-refractivity contribution in [3.63, 3.8) is 0 Å². The highest BCUT2D eigenvalue weighted by Crippen LogP contribution is 2.39. The molecule has 3 N–H and O–H groups in total. The number of nitrogens with one attached hydrogen (secondary N) is 1. The number of hydrogen-bond donors (Lipinski definition) is 2. The molecular weight excluding hydrogens is 386 g/mol. The van der Waals surface area contributed by atoms with Crippen LogP contribution in [0, 0.1) is 25.2 Å². The van der Waals surface area contributed by atoms with Gasteiger partial charge in [-0.25, -0.2) is 4.79 Å². The van der Waals surface area contributed by atoms with E-state index in [9.17, 15) is 14.9 Å². The molecule has 0 radical (unpaired) electrons. The Labute approximate surface area is 173 Å². The number of H-pyrrole nitrogens is 1. The maximum absolute atomic E-state index is 13.0. The van der Waals surface area contributed by atoms with Crippen LogP contribution in [-0.2, 0) is 19.0 Å². The monoisotopic (exact) mass is 409 g/mol. The van der Waals surface area contributed by atoms with Crippen LogP contribution in [0.25, 0.3) is 10.9 Å². The van der Waals surface area contributed by atoms with Gasteiger partial charge in [0.1, 0.15) is 24.0 Å². The minimum Gasteiger partial charge on any atom is -0.460 e. The number of nitriles is 1. The summed E-state index contributed by atoms with van der Waals surface area (Å²) in [7, 11) is 1.49. The second-order valence-electron chi connectivity index (χ2n) is 7.05. The molecule has 1 atom stereocenters. The molecule has 1 aliphatic heterocycles. The van der Waals surface area contributed by atoms with Crippen LogP contribution in [0.2, 0.25) is 0 Å². The van der Waals surface area contributed by atoms with Gasteiger partial charge in [0.05, 0.1) is 23.6 Å². The predicted octanol–water partition coefficient (Wildman–Crippen LogP) is 2.42. The molecule has 1 aliphatic rings. The highest BCUT2D eigenvalue weighted by atomic mass is 16.6.